The van der Waals surface area contributed by atoms with E-state index < -0.39 is 0 Å². The van der Waals surface area contributed by atoms with E-state index in [0.29, 0.717) is 6.61 Å². The summed E-state index contributed by atoms with van der Waals surface area (Å²) in [4.78, 5) is 14.1. The molecule has 76 valence electrons. The second-order valence-electron chi connectivity index (χ2n) is 3.36. The summed E-state index contributed by atoms with van der Waals surface area (Å²) in [5, 5.41) is 0. The standard InChI is InChI=1S/C9H16ClNO2/c1-2-13-9(12)7-5-3-4-6-8(7)11-10/h7-8,11H,2-6H2,1H3/t7-,8+/m1/s1. The van der Waals surface area contributed by atoms with Crippen molar-refractivity contribution >= 4 is 17.7 Å². The number of rotatable bonds is 3. The molecule has 2 atom stereocenters. The minimum Gasteiger partial charge on any atom is -0.466 e. The third-order valence-electron chi connectivity index (χ3n) is 2.50. The molecule has 0 aliphatic heterocycles. The first-order valence-electron chi connectivity index (χ1n) is 4.82. The zero-order chi connectivity index (χ0) is 9.68. The van der Waals surface area contributed by atoms with Gasteiger partial charge in [0.25, 0.3) is 0 Å². The molecule has 1 saturated carbocycles. The molecule has 1 rings (SSSR count). The Morgan fingerprint density at radius 2 is 2.23 bits per heavy atom. The number of carbonyl (C=O) groups is 1. The topological polar surface area (TPSA) is 38.3 Å². The molecule has 0 aromatic carbocycles. The third kappa shape index (κ3) is 2.85. The molecule has 0 heterocycles. The number of esters is 1. The summed E-state index contributed by atoms with van der Waals surface area (Å²) >= 11 is 5.56. The van der Waals surface area contributed by atoms with Crippen molar-refractivity contribution < 1.29 is 9.53 Å². The van der Waals surface area contributed by atoms with Crippen LogP contribution in [0.1, 0.15) is 32.6 Å². The van der Waals surface area contributed by atoms with Gasteiger partial charge < -0.3 is 4.74 Å². The van der Waals surface area contributed by atoms with Crippen molar-refractivity contribution in [2.24, 2.45) is 5.92 Å². The van der Waals surface area contributed by atoms with Crippen molar-refractivity contribution in [3.63, 3.8) is 0 Å². The van der Waals surface area contributed by atoms with Crippen LogP contribution in [0.3, 0.4) is 0 Å². The minimum atomic E-state index is -0.111. The van der Waals surface area contributed by atoms with E-state index in [1.54, 1.807) is 0 Å². The van der Waals surface area contributed by atoms with Gasteiger partial charge in [0.2, 0.25) is 0 Å². The highest BCUT2D eigenvalue weighted by Crippen LogP contribution is 2.25. The molecule has 13 heavy (non-hydrogen) atoms. The normalized spacial score (nSPS) is 28.5. The third-order valence-corrected chi connectivity index (χ3v) is 2.78. The molecule has 3 nitrogen and oxygen atoms in total. The monoisotopic (exact) mass is 205 g/mol. The van der Waals surface area contributed by atoms with E-state index in [1.807, 2.05) is 6.92 Å². The highest BCUT2D eigenvalue weighted by Gasteiger charge is 2.31. The molecular formula is C9H16ClNO2. The van der Waals surface area contributed by atoms with Gasteiger partial charge in [0.05, 0.1) is 12.5 Å². The fourth-order valence-corrected chi connectivity index (χ4v) is 2.05. The fourth-order valence-electron chi connectivity index (χ4n) is 1.79. The van der Waals surface area contributed by atoms with Crippen LogP contribution in [0.2, 0.25) is 0 Å². The van der Waals surface area contributed by atoms with Gasteiger partial charge in [-0.3, -0.25) is 4.79 Å². The Kier molecular flexibility index (Phi) is 4.53. The lowest BCUT2D eigenvalue weighted by Crippen LogP contribution is -2.39. The molecule has 0 unspecified atom stereocenters. The molecule has 4 heteroatoms. The van der Waals surface area contributed by atoms with E-state index in [9.17, 15) is 4.79 Å². The molecular weight excluding hydrogens is 190 g/mol. The van der Waals surface area contributed by atoms with Crippen LogP contribution in [0.25, 0.3) is 0 Å². The smallest absolute Gasteiger partial charge is 0.310 e. The Bertz CT molecular complexity index is 175. The second kappa shape index (κ2) is 5.45. The molecule has 0 spiro atoms. The Morgan fingerprint density at radius 1 is 1.54 bits per heavy atom. The van der Waals surface area contributed by atoms with Gasteiger partial charge in [0.15, 0.2) is 0 Å². The zero-order valence-corrected chi connectivity index (χ0v) is 8.64. The molecule has 0 radical (unpaired) electrons. The largest absolute Gasteiger partial charge is 0.466 e. The van der Waals surface area contributed by atoms with Crippen LogP contribution < -0.4 is 4.84 Å². The van der Waals surface area contributed by atoms with Gasteiger partial charge >= 0.3 is 5.97 Å². The van der Waals surface area contributed by atoms with Crippen LogP contribution in [0.4, 0.5) is 0 Å². The summed E-state index contributed by atoms with van der Waals surface area (Å²) in [6, 6.07) is 0.0921. The van der Waals surface area contributed by atoms with Gasteiger partial charge in [-0.15, -0.1) is 0 Å². The average molecular weight is 206 g/mol. The molecule has 0 bridgehead atoms. The van der Waals surface area contributed by atoms with Crippen LogP contribution in [0, 0.1) is 5.92 Å². The van der Waals surface area contributed by atoms with Crippen molar-refractivity contribution in [2.75, 3.05) is 6.61 Å². The summed E-state index contributed by atoms with van der Waals surface area (Å²) in [6.07, 6.45) is 4.09. The van der Waals surface area contributed by atoms with Gasteiger partial charge in [-0.2, -0.15) is 0 Å². The van der Waals surface area contributed by atoms with Crippen molar-refractivity contribution in [1.29, 1.82) is 0 Å². The fraction of sp³-hybridized carbons (Fsp3) is 0.889. The molecule has 1 N–H and O–H groups in total. The lowest BCUT2D eigenvalue weighted by atomic mass is 9.85. The van der Waals surface area contributed by atoms with Crippen molar-refractivity contribution in [3.05, 3.63) is 0 Å². The molecule has 0 aromatic heterocycles. The van der Waals surface area contributed by atoms with Gasteiger partial charge in [0.1, 0.15) is 0 Å². The van der Waals surface area contributed by atoms with Crippen LogP contribution in [-0.4, -0.2) is 18.6 Å². The van der Waals surface area contributed by atoms with Crippen molar-refractivity contribution in [3.8, 4) is 0 Å². The van der Waals surface area contributed by atoms with E-state index in [2.05, 4.69) is 4.84 Å². The van der Waals surface area contributed by atoms with Gasteiger partial charge in [0, 0.05) is 6.04 Å². The summed E-state index contributed by atoms with van der Waals surface area (Å²) in [6.45, 7) is 2.27. The van der Waals surface area contributed by atoms with Gasteiger partial charge in [-0.05, 0) is 31.5 Å². The second-order valence-corrected chi connectivity index (χ2v) is 3.58. The maximum absolute atomic E-state index is 11.4. The molecule has 1 aliphatic carbocycles. The number of nitrogens with one attached hydrogen (secondary N) is 1. The van der Waals surface area contributed by atoms with E-state index >= 15 is 0 Å². The molecule has 0 amide bonds. The number of hydrogen-bond acceptors (Lipinski definition) is 3. The predicted octanol–water partition coefficient (Wildman–Crippen LogP) is 1.85. The van der Waals surface area contributed by atoms with Crippen LogP contribution in [0.5, 0.6) is 0 Å². The van der Waals surface area contributed by atoms with Crippen LogP contribution in [-0.2, 0) is 9.53 Å². The SMILES string of the molecule is CCOC(=O)[C@@H]1CCCC[C@@H]1NCl. The first-order valence-corrected chi connectivity index (χ1v) is 5.20. The summed E-state index contributed by atoms with van der Waals surface area (Å²) in [7, 11) is 0. The maximum atomic E-state index is 11.4. The van der Waals surface area contributed by atoms with Crippen LogP contribution in [0.15, 0.2) is 0 Å². The van der Waals surface area contributed by atoms with Crippen molar-refractivity contribution in [1.82, 2.24) is 4.84 Å². The Hall–Kier alpha value is -0.280. The first-order chi connectivity index (χ1) is 6.29. The maximum Gasteiger partial charge on any atom is 0.310 e. The van der Waals surface area contributed by atoms with Gasteiger partial charge in [-0.1, -0.05) is 12.8 Å². The Labute approximate surface area is 83.9 Å². The summed E-state index contributed by atoms with van der Waals surface area (Å²) in [5.41, 5.74) is 0. The van der Waals surface area contributed by atoms with Crippen molar-refractivity contribution in [2.45, 2.75) is 38.6 Å². The van der Waals surface area contributed by atoms with Gasteiger partial charge in [-0.25, -0.2) is 4.84 Å². The molecule has 1 fully saturated rings. The minimum absolute atomic E-state index is 0.0498. The highest BCUT2D eigenvalue weighted by atomic mass is 35.5. The van der Waals surface area contributed by atoms with E-state index in [0.717, 1.165) is 25.7 Å². The highest BCUT2D eigenvalue weighted by molar-refractivity contribution is 6.13. The van der Waals surface area contributed by atoms with E-state index in [4.69, 9.17) is 16.5 Å². The molecule has 0 aromatic rings. The summed E-state index contributed by atoms with van der Waals surface area (Å²) in [5.74, 6) is -0.161. The van der Waals surface area contributed by atoms with Crippen LogP contribution >= 0.6 is 11.8 Å². The lowest BCUT2D eigenvalue weighted by molar-refractivity contribution is -0.149. The lowest BCUT2D eigenvalue weighted by Gasteiger charge is -2.28. The zero-order valence-electron chi connectivity index (χ0n) is 7.88. The predicted molar refractivity (Wildman–Crippen MR) is 51.4 cm³/mol. The number of hydrogen-bond donors (Lipinski definition) is 1. The van der Waals surface area contributed by atoms with E-state index in [1.165, 1.54) is 0 Å². The summed E-state index contributed by atoms with van der Waals surface area (Å²) < 4.78 is 4.98. The number of halogens is 1. The number of ether oxygens (including phenoxy) is 1. The molecule has 1 aliphatic rings. The first kappa shape index (κ1) is 10.8. The quantitative estimate of drug-likeness (QED) is 0.565. The molecule has 0 saturated heterocycles. The Morgan fingerprint density at radius 3 is 2.85 bits per heavy atom. The average Bonchev–Trinajstić information content (AvgIpc) is 2.18. The van der Waals surface area contributed by atoms with E-state index in [-0.39, 0.29) is 17.9 Å². The Balaban J connectivity index is 2.48. The number of carbonyl (C=O) groups excluding carboxylic acids is 1.